The summed E-state index contributed by atoms with van der Waals surface area (Å²) < 4.78 is 52.6. The van der Waals surface area contributed by atoms with E-state index < -0.39 is 29.6 Å². The number of hydrogen-bond donors (Lipinski definition) is 0. The molecule has 0 bridgehead atoms. The zero-order valence-electron chi connectivity index (χ0n) is 11.2. The highest BCUT2D eigenvalue weighted by Crippen LogP contribution is 2.42. The number of halogens is 5. The third-order valence-electron chi connectivity index (χ3n) is 4.01. The van der Waals surface area contributed by atoms with E-state index in [4.69, 9.17) is 11.6 Å². The summed E-state index contributed by atoms with van der Waals surface area (Å²) in [7, 11) is 0. The van der Waals surface area contributed by atoms with Crippen LogP contribution in [0.25, 0.3) is 0 Å². The number of carbonyl (C=O) groups excluding carboxylic acids is 1. The van der Waals surface area contributed by atoms with E-state index >= 15 is 0 Å². The Hall–Kier alpha value is -1.10. The van der Waals surface area contributed by atoms with Crippen molar-refractivity contribution in [2.24, 2.45) is 11.8 Å². The summed E-state index contributed by atoms with van der Waals surface area (Å²) in [5.74, 6) is -3.95. The van der Waals surface area contributed by atoms with Gasteiger partial charge < -0.3 is 0 Å². The lowest BCUT2D eigenvalue weighted by Crippen LogP contribution is -2.38. The van der Waals surface area contributed by atoms with Crippen LogP contribution < -0.4 is 0 Å². The maximum absolute atomic E-state index is 13.7. The van der Waals surface area contributed by atoms with E-state index in [9.17, 15) is 22.4 Å². The number of ketones is 1. The van der Waals surface area contributed by atoms with Crippen LogP contribution in [0.1, 0.15) is 31.2 Å². The summed E-state index contributed by atoms with van der Waals surface area (Å²) in [5.41, 5.74) is -0.0179. The van der Waals surface area contributed by atoms with Gasteiger partial charge in [0.05, 0.1) is 5.92 Å². The van der Waals surface area contributed by atoms with Crippen LogP contribution in [0.3, 0.4) is 0 Å². The third kappa shape index (κ3) is 3.76. The summed E-state index contributed by atoms with van der Waals surface area (Å²) in [5, 5.41) is 0.0720. The fourth-order valence-electron chi connectivity index (χ4n) is 2.91. The van der Waals surface area contributed by atoms with Crippen LogP contribution in [-0.4, -0.2) is 12.0 Å². The van der Waals surface area contributed by atoms with Gasteiger partial charge in [0.1, 0.15) is 11.6 Å². The number of alkyl halides is 3. The van der Waals surface area contributed by atoms with Crippen molar-refractivity contribution < 1.29 is 22.4 Å². The smallest absolute Gasteiger partial charge is 0.299 e. The first-order chi connectivity index (χ1) is 9.80. The Bertz CT molecular complexity index is 507. The number of rotatable bonds is 3. The first-order valence-corrected chi connectivity index (χ1v) is 7.21. The lowest BCUT2D eigenvalue weighted by molar-refractivity contribution is -0.197. The molecule has 2 unspecified atom stereocenters. The van der Waals surface area contributed by atoms with Gasteiger partial charge in [0, 0.05) is 22.9 Å². The van der Waals surface area contributed by atoms with Crippen molar-refractivity contribution in [3.8, 4) is 0 Å². The number of hydrogen-bond acceptors (Lipinski definition) is 1. The second kappa shape index (κ2) is 6.34. The van der Waals surface area contributed by atoms with Gasteiger partial charge in [-0.2, -0.15) is 13.2 Å². The van der Waals surface area contributed by atoms with Gasteiger partial charge in [-0.3, -0.25) is 4.79 Å². The van der Waals surface area contributed by atoms with E-state index in [1.54, 1.807) is 0 Å². The molecule has 1 nitrogen and oxygen atoms in total. The van der Waals surface area contributed by atoms with Crippen molar-refractivity contribution in [3.05, 3.63) is 34.6 Å². The summed E-state index contributed by atoms with van der Waals surface area (Å²) in [6, 6.07) is 3.97. The molecule has 0 radical (unpaired) electrons. The zero-order chi connectivity index (χ0) is 15.6. The quantitative estimate of drug-likeness (QED) is 0.719. The van der Waals surface area contributed by atoms with Crippen LogP contribution in [0.15, 0.2) is 18.2 Å². The van der Waals surface area contributed by atoms with Crippen LogP contribution in [0.4, 0.5) is 17.6 Å². The van der Waals surface area contributed by atoms with E-state index in [1.807, 2.05) is 0 Å². The summed E-state index contributed by atoms with van der Waals surface area (Å²) in [4.78, 5) is 12.2. The normalized spacial score (nSPS) is 23.1. The average Bonchev–Trinajstić information content (AvgIpc) is 2.42. The van der Waals surface area contributed by atoms with E-state index in [1.165, 1.54) is 12.1 Å². The van der Waals surface area contributed by atoms with Crippen molar-refractivity contribution >= 4 is 17.4 Å². The molecule has 0 heterocycles. The minimum atomic E-state index is -4.39. The number of benzene rings is 1. The Labute approximate surface area is 125 Å². The van der Waals surface area contributed by atoms with Crippen molar-refractivity contribution in [2.75, 3.05) is 0 Å². The molecule has 1 aromatic carbocycles. The van der Waals surface area contributed by atoms with Crippen molar-refractivity contribution in [1.29, 1.82) is 0 Å². The van der Waals surface area contributed by atoms with Crippen LogP contribution in [0.5, 0.6) is 0 Å². The van der Waals surface area contributed by atoms with Crippen molar-refractivity contribution in [3.63, 3.8) is 0 Å². The second-order valence-corrected chi connectivity index (χ2v) is 5.79. The van der Waals surface area contributed by atoms with Gasteiger partial charge in [0.25, 0.3) is 0 Å². The summed E-state index contributed by atoms with van der Waals surface area (Å²) in [6.07, 6.45) is -3.55. The Balaban J connectivity index is 2.18. The molecule has 0 spiro atoms. The lowest BCUT2D eigenvalue weighted by atomic mass is 9.75. The average molecular weight is 323 g/mol. The molecule has 1 fully saturated rings. The minimum Gasteiger partial charge on any atom is -0.299 e. The first kappa shape index (κ1) is 16.3. The predicted molar refractivity (Wildman–Crippen MR) is 71.6 cm³/mol. The molecule has 1 aliphatic carbocycles. The van der Waals surface area contributed by atoms with Gasteiger partial charge in [-0.1, -0.05) is 30.5 Å². The number of carbonyl (C=O) groups is 1. The van der Waals surface area contributed by atoms with E-state index in [-0.39, 0.29) is 29.8 Å². The Kier molecular flexibility index (Phi) is 4.91. The maximum atomic E-state index is 13.7. The molecule has 1 aliphatic rings. The Morgan fingerprint density at radius 2 is 1.90 bits per heavy atom. The molecule has 0 aromatic heterocycles. The van der Waals surface area contributed by atoms with Crippen LogP contribution in [-0.2, 0) is 11.2 Å². The van der Waals surface area contributed by atoms with Crippen molar-refractivity contribution in [1.82, 2.24) is 0 Å². The molecule has 0 amide bonds. The predicted octanol–water partition coefficient (Wildman–Crippen LogP) is 4.96. The molecule has 1 aromatic rings. The van der Waals surface area contributed by atoms with Gasteiger partial charge in [0.2, 0.25) is 0 Å². The van der Waals surface area contributed by atoms with Gasteiger partial charge in [-0.15, -0.1) is 0 Å². The van der Waals surface area contributed by atoms with Gasteiger partial charge in [-0.25, -0.2) is 4.39 Å². The minimum absolute atomic E-state index is 0.0179. The highest BCUT2D eigenvalue weighted by atomic mass is 35.5. The summed E-state index contributed by atoms with van der Waals surface area (Å²) in [6.45, 7) is 0. The largest absolute Gasteiger partial charge is 0.392 e. The molecule has 116 valence electrons. The van der Waals surface area contributed by atoms with E-state index in [0.29, 0.717) is 12.8 Å². The molecule has 21 heavy (non-hydrogen) atoms. The molecule has 0 N–H and O–H groups in total. The van der Waals surface area contributed by atoms with Gasteiger partial charge >= 0.3 is 6.18 Å². The maximum Gasteiger partial charge on any atom is 0.392 e. The highest BCUT2D eigenvalue weighted by Gasteiger charge is 2.47. The van der Waals surface area contributed by atoms with E-state index in [2.05, 4.69) is 0 Å². The van der Waals surface area contributed by atoms with Crippen LogP contribution in [0, 0.1) is 17.7 Å². The first-order valence-electron chi connectivity index (χ1n) is 6.83. The fourth-order valence-corrected chi connectivity index (χ4v) is 3.14. The lowest BCUT2D eigenvalue weighted by Gasteiger charge is -2.32. The number of Topliss-reactive ketones (excluding diaryl/α,β-unsaturated/α-hetero) is 1. The van der Waals surface area contributed by atoms with Crippen LogP contribution >= 0.6 is 11.6 Å². The third-order valence-corrected chi connectivity index (χ3v) is 4.37. The van der Waals surface area contributed by atoms with E-state index in [0.717, 1.165) is 6.07 Å². The molecule has 6 heteroatoms. The van der Waals surface area contributed by atoms with Gasteiger partial charge in [-0.05, 0) is 25.0 Å². The fraction of sp³-hybridized carbons (Fsp3) is 0.533. The topological polar surface area (TPSA) is 17.1 Å². The molecule has 2 rings (SSSR count). The van der Waals surface area contributed by atoms with Gasteiger partial charge in [0.15, 0.2) is 0 Å². The molecule has 0 saturated heterocycles. The molecule has 0 aliphatic heterocycles. The molecule has 1 saturated carbocycles. The second-order valence-electron chi connectivity index (χ2n) is 5.38. The molecular weight excluding hydrogens is 308 g/mol. The summed E-state index contributed by atoms with van der Waals surface area (Å²) >= 11 is 5.82. The van der Waals surface area contributed by atoms with Crippen molar-refractivity contribution in [2.45, 2.75) is 38.3 Å². The highest BCUT2D eigenvalue weighted by molar-refractivity contribution is 6.31. The SMILES string of the molecule is O=C(Cc1c(F)cccc1Cl)C1CCCCC1C(F)(F)F. The van der Waals surface area contributed by atoms with Crippen LogP contribution in [0.2, 0.25) is 5.02 Å². The Morgan fingerprint density at radius 1 is 1.24 bits per heavy atom. The monoisotopic (exact) mass is 322 g/mol. The molecular formula is C15H15ClF4O. The molecule has 2 atom stereocenters. The standard InChI is InChI=1S/C15H15ClF4O/c16-12-6-3-7-13(17)10(12)8-14(21)9-4-1-2-5-11(9)15(18,19)20/h3,6-7,9,11H,1-2,4-5,8H2. The Morgan fingerprint density at radius 3 is 2.52 bits per heavy atom. The zero-order valence-corrected chi connectivity index (χ0v) is 12.0.